The van der Waals surface area contributed by atoms with Crippen LogP contribution in [0.4, 0.5) is 0 Å². The lowest BCUT2D eigenvalue weighted by atomic mass is 9.90. The minimum Gasteiger partial charge on any atom is -0.351 e. The Bertz CT molecular complexity index is 658. The molecule has 128 valence electrons. The summed E-state index contributed by atoms with van der Waals surface area (Å²) in [5, 5.41) is 3.20. The fraction of sp³-hybridized carbons (Fsp3) is 0.350. The number of carbonyl (C=O) groups excluding carboxylic acids is 1. The van der Waals surface area contributed by atoms with Gasteiger partial charge >= 0.3 is 0 Å². The molecule has 0 aromatic heterocycles. The van der Waals surface area contributed by atoms with Crippen LogP contribution in [0.5, 0.6) is 0 Å². The zero-order chi connectivity index (χ0) is 16.3. The monoisotopic (exact) mass is 344 g/mol. The smallest absolute Gasteiger partial charge is 0.244 e. The van der Waals surface area contributed by atoms with Gasteiger partial charge in [0.05, 0.1) is 0 Å². The highest BCUT2D eigenvalue weighted by atomic mass is 35.5. The van der Waals surface area contributed by atoms with Gasteiger partial charge in [-0.3, -0.25) is 4.79 Å². The summed E-state index contributed by atoms with van der Waals surface area (Å²) in [6, 6.07) is 20.2. The Morgan fingerprint density at radius 2 is 1.62 bits per heavy atom. The summed E-state index contributed by atoms with van der Waals surface area (Å²) in [7, 11) is 0. The molecule has 1 amide bonds. The Hall–Kier alpha value is -1.84. The SMILES string of the molecule is CC(N)(C(=O)NC1CCCC1c1ccccc1)c1ccccc1.Cl. The van der Waals surface area contributed by atoms with Crippen LogP contribution in [0.25, 0.3) is 0 Å². The number of nitrogens with two attached hydrogens (primary N) is 1. The van der Waals surface area contributed by atoms with Crippen LogP contribution >= 0.6 is 12.4 Å². The molecule has 2 aromatic rings. The summed E-state index contributed by atoms with van der Waals surface area (Å²) in [4.78, 5) is 12.8. The molecule has 1 saturated carbocycles. The maximum Gasteiger partial charge on any atom is 0.244 e. The van der Waals surface area contributed by atoms with E-state index in [1.807, 2.05) is 36.4 Å². The number of hydrogen-bond acceptors (Lipinski definition) is 2. The van der Waals surface area contributed by atoms with Gasteiger partial charge in [0.1, 0.15) is 5.54 Å². The molecule has 1 fully saturated rings. The molecule has 1 aliphatic carbocycles. The predicted octanol–water partition coefficient (Wildman–Crippen LogP) is 3.73. The number of rotatable bonds is 4. The Balaban J connectivity index is 0.00000208. The van der Waals surface area contributed by atoms with E-state index in [1.165, 1.54) is 5.56 Å². The van der Waals surface area contributed by atoms with Gasteiger partial charge in [0.25, 0.3) is 0 Å². The maximum absolute atomic E-state index is 12.8. The largest absolute Gasteiger partial charge is 0.351 e. The van der Waals surface area contributed by atoms with Crippen molar-refractivity contribution < 1.29 is 4.79 Å². The van der Waals surface area contributed by atoms with Crippen LogP contribution in [0, 0.1) is 0 Å². The van der Waals surface area contributed by atoms with Crippen LogP contribution in [-0.4, -0.2) is 11.9 Å². The summed E-state index contributed by atoms with van der Waals surface area (Å²) >= 11 is 0. The van der Waals surface area contributed by atoms with Gasteiger partial charge < -0.3 is 11.1 Å². The van der Waals surface area contributed by atoms with Gasteiger partial charge in [0.2, 0.25) is 5.91 Å². The van der Waals surface area contributed by atoms with Crippen molar-refractivity contribution >= 4 is 18.3 Å². The standard InChI is InChI=1S/C20H24N2O.ClH/c1-20(21,16-11-6-3-7-12-16)19(23)22-18-14-8-13-17(18)15-9-4-2-5-10-15;/h2-7,9-12,17-18H,8,13-14,21H2,1H3,(H,22,23);1H. The second-order valence-corrected chi connectivity index (χ2v) is 6.60. The van der Waals surface area contributed by atoms with E-state index in [0.717, 1.165) is 24.8 Å². The first-order chi connectivity index (χ1) is 11.1. The van der Waals surface area contributed by atoms with Gasteiger partial charge in [0.15, 0.2) is 0 Å². The van der Waals surface area contributed by atoms with Crippen molar-refractivity contribution in [1.29, 1.82) is 0 Å². The minimum atomic E-state index is -1.01. The van der Waals surface area contributed by atoms with Crippen LogP contribution in [0.15, 0.2) is 60.7 Å². The van der Waals surface area contributed by atoms with E-state index >= 15 is 0 Å². The third kappa shape index (κ3) is 3.80. The molecule has 0 aliphatic heterocycles. The van der Waals surface area contributed by atoms with Crippen LogP contribution in [0.1, 0.15) is 43.2 Å². The molecule has 3 nitrogen and oxygen atoms in total. The second-order valence-electron chi connectivity index (χ2n) is 6.60. The summed E-state index contributed by atoms with van der Waals surface area (Å²) in [5.41, 5.74) is 7.46. The van der Waals surface area contributed by atoms with E-state index in [2.05, 4.69) is 29.6 Å². The normalized spacial score (nSPS) is 22.2. The van der Waals surface area contributed by atoms with Gasteiger partial charge in [-0.15, -0.1) is 12.4 Å². The van der Waals surface area contributed by atoms with Gasteiger partial charge in [0, 0.05) is 12.0 Å². The van der Waals surface area contributed by atoms with Crippen molar-refractivity contribution in [2.75, 3.05) is 0 Å². The summed E-state index contributed by atoms with van der Waals surface area (Å²) in [6.07, 6.45) is 3.26. The third-order valence-electron chi connectivity index (χ3n) is 4.91. The highest BCUT2D eigenvalue weighted by Crippen LogP contribution is 2.35. The average Bonchev–Trinajstić information content (AvgIpc) is 3.04. The first-order valence-electron chi connectivity index (χ1n) is 8.29. The third-order valence-corrected chi connectivity index (χ3v) is 4.91. The molecule has 0 heterocycles. The molecule has 0 spiro atoms. The zero-order valence-corrected chi connectivity index (χ0v) is 14.8. The van der Waals surface area contributed by atoms with E-state index < -0.39 is 5.54 Å². The quantitative estimate of drug-likeness (QED) is 0.887. The van der Waals surface area contributed by atoms with E-state index in [9.17, 15) is 4.79 Å². The lowest BCUT2D eigenvalue weighted by molar-refractivity contribution is -0.126. The lowest BCUT2D eigenvalue weighted by Crippen LogP contribution is -2.52. The Kier molecular flexibility index (Phi) is 6.03. The molecule has 24 heavy (non-hydrogen) atoms. The molecular weight excluding hydrogens is 320 g/mol. The van der Waals surface area contributed by atoms with Crippen LogP contribution in [0.2, 0.25) is 0 Å². The molecule has 3 atom stereocenters. The molecule has 3 rings (SSSR count). The molecule has 0 saturated heterocycles. The van der Waals surface area contributed by atoms with Gasteiger partial charge in [-0.05, 0) is 30.9 Å². The average molecular weight is 345 g/mol. The van der Waals surface area contributed by atoms with Gasteiger partial charge in [-0.2, -0.15) is 0 Å². The molecule has 2 aromatic carbocycles. The highest BCUT2D eigenvalue weighted by Gasteiger charge is 2.36. The van der Waals surface area contributed by atoms with Crippen LogP contribution < -0.4 is 11.1 Å². The number of amides is 1. The first kappa shape index (κ1) is 18.5. The van der Waals surface area contributed by atoms with E-state index in [-0.39, 0.29) is 24.4 Å². The van der Waals surface area contributed by atoms with Crippen molar-refractivity contribution in [2.45, 2.75) is 43.7 Å². The molecule has 0 bridgehead atoms. The van der Waals surface area contributed by atoms with E-state index in [0.29, 0.717) is 5.92 Å². The fourth-order valence-electron chi connectivity index (χ4n) is 3.47. The Labute approximate surface area is 150 Å². The topological polar surface area (TPSA) is 55.1 Å². The first-order valence-corrected chi connectivity index (χ1v) is 8.29. The second kappa shape index (κ2) is 7.82. The number of carbonyl (C=O) groups is 1. The predicted molar refractivity (Wildman–Crippen MR) is 100 cm³/mol. The van der Waals surface area contributed by atoms with Gasteiger partial charge in [-0.1, -0.05) is 67.1 Å². The fourth-order valence-corrected chi connectivity index (χ4v) is 3.47. The number of hydrogen-bond donors (Lipinski definition) is 2. The highest BCUT2D eigenvalue weighted by molar-refractivity contribution is 5.87. The van der Waals surface area contributed by atoms with Gasteiger partial charge in [-0.25, -0.2) is 0 Å². The Morgan fingerprint density at radius 3 is 2.25 bits per heavy atom. The van der Waals surface area contributed by atoms with Crippen molar-refractivity contribution in [3.8, 4) is 0 Å². The molecule has 4 heteroatoms. The molecule has 3 N–H and O–H groups in total. The molecular formula is C20H25ClN2O. The molecule has 0 radical (unpaired) electrons. The molecule has 3 unspecified atom stereocenters. The zero-order valence-electron chi connectivity index (χ0n) is 13.9. The van der Waals surface area contributed by atoms with Crippen LogP contribution in [-0.2, 0) is 10.3 Å². The van der Waals surface area contributed by atoms with E-state index in [1.54, 1.807) is 6.92 Å². The van der Waals surface area contributed by atoms with E-state index in [4.69, 9.17) is 5.73 Å². The van der Waals surface area contributed by atoms with Crippen molar-refractivity contribution in [1.82, 2.24) is 5.32 Å². The van der Waals surface area contributed by atoms with Crippen molar-refractivity contribution in [2.24, 2.45) is 5.73 Å². The Morgan fingerprint density at radius 1 is 1.04 bits per heavy atom. The number of nitrogens with one attached hydrogen (secondary N) is 1. The molecule has 1 aliphatic rings. The number of halogens is 1. The minimum absolute atomic E-state index is 0. The van der Waals surface area contributed by atoms with Crippen molar-refractivity contribution in [3.63, 3.8) is 0 Å². The number of benzene rings is 2. The summed E-state index contributed by atoms with van der Waals surface area (Å²) in [6.45, 7) is 1.78. The van der Waals surface area contributed by atoms with Crippen LogP contribution in [0.3, 0.4) is 0 Å². The summed E-state index contributed by atoms with van der Waals surface area (Å²) < 4.78 is 0. The lowest BCUT2D eigenvalue weighted by Gasteiger charge is -2.29. The van der Waals surface area contributed by atoms with Crippen molar-refractivity contribution in [3.05, 3.63) is 71.8 Å². The maximum atomic E-state index is 12.8. The summed E-state index contributed by atoms with van der Waals surface area (Å²) in [5.74, 6) is 0.281.